The molecule has 1 aromatic carbocycles. The highest BCUT2D eigenvalue weighted by Crippen LogP contribution is 2.26. The van der Waals surface area contributed by atoms with Crippen molar-refractivity contribution in [2.75, 3.05) is 5.75 Å². The monoisotopic (exact) mass is 290 g/mol. The maximum absolute atomic E-state index is 10.00. The molecule has 0 aliphatic heterocycles. The fraction of sp³-hybridized carbons (Fsp3) is 0.438. The Balaban J connectivity index is 1.84. The third-order valence-corrected chi connectivity index (χ3v) is 4.30. The Morgan fingerprint density at radius 3 is 2.50 bits per heavy atom. The van der Waals surface area contributed by atoms with Gasteiger partial charge in [0, 0.05) is 23.0 Å². The summed E-state index contributed by atoms with van der Waals surface area (Å²) >= 11 is 1.69. The van der Waals surface area contributed by atoms with Gasteiger partial charge in [-0.2, -0.15) is 0 Å². The van der Waals surface area contributed by atoms with E-state index in [0.717, 1.165) is 0 Å². The first kappa shape index (κ1) is 15.1. The van der Waals surface area contributed by atoms with Crippen LogP contribution in [0, 0.1) is 0 Å². The molecular weight excluding hydrogens is 268 g/mol. The van der Waals surface area contributed by atoms with Crippen molar-refractivity contribution in [3.8, 4) is 0 Å². The predicted octanol–water partition coefficient (Wildman–Crippen LogP) is 3.33. The minimum absolute atomic E-state index is 0.185. The summed E-state index contributed by atoms with van der Waals surface area (Å²) in [6.45, 7) is 7.23. The molecule has 1 heterocycles. The molecular formula is C16H22N2OS. The standard InChI is InChI=1S/C16H22N2OS/c1-16(2,3)13-4-6-15(7-5-13)20-11-14(19)10-18-9-8-17-12-18/h4-9,12,14,19H,10-11H2,1-3H3. The van der Waals surface area contributed by atoms with Crippen LogP contribution >= 0.6 is 11.8 Å². The quantitative estimate of drug-likeness (QED) is 0.858. The second-order valence-corrected chi connectivity index (χ2v) is 7.09. The van der Waals surface area contributed by atoms with E-state index < -0.39 is 0 Å². The Bertz CT molecular complexity index is 514. The molecule has 1 N–H and O–H groups in total. The zero-order valence-electron chi connectivity index (χ0n) is 12.3. The van der Waals surface area contributed by atoms with Gasteiger partial charge in [-0.25, -0.2) is 4.98 Å². The first-order valence-electron chi connectivity index (χ1n) is 6.82. The lowest BCUT2D eigenvalue weighted by atomic mass is 9.87. The van der Waals surface area contributed by atoms with Crippen LogP contribution in [-0.4, -0.2) is 26.5 Å². The number of aromatic nitrogens is 2. The Morgan fingerprint density at radius 2 is 1.95 bits per heavy atom. The molecule has 0 saturated heterocycles. The number of hydrogen-bond donors (Lipinski definition) is 1. The minimum Gasteiger partial charge on any atom is -0.390 e. The molecule has 0 amide bonds. The summed E-state index contributed by atoms with van der Waals surface area (Å²) in [5.74, 6) is 0.688. The van der Waals surface area contributed by atoms with Gasteiger partial charge in [0.05, 0.1) is 19.0 Å². The maximum atomic E-state index is 10.00. The van der Waals surface area contributed by atoms with Gasteiger partial charge in [-0.15, -0.1) is 11.8 Å². The number of hydrogen-bond acceptors (Lipinski definition) is 3. The topological polar surface area (TPSA) is 38.0 Å². The number of rotatable bonds is 5. The van der Waals surface area contributed by atoms with Gasteiger partial charge in [-0.3, -0.25) is 0 Å². The lowest BCUT2D eigenvalue weighted by Crippen LogP contribution is -2.17. The first-order chi connectivity index (χ1) is 9.45. The summed E-state index contributed by atoms with van der Waals surface area (Å²) in [5.41, 5.74) is 1.52. The molecule has 0 aliphatic carbocycles. The molecule has 4 heteroatoms. The third kappa shape index (κ3) is 4.39. The van der Waals surface area contributed by atoms with Crippen LogP contribution in [-0.2, 0) is 12.0 Å². The Kier molecular flexibility index (Phi) is 4.89. The van der Waals surface area contributed by atoms with E-state index in [9.17, 15) is 5.11 Å². The Labute approximate surface area is 125 Å². The van der Waals surface area contributed by atoms with E-state index in [4.69, 9.17) is 0 Å². The molecule has 1 aromatic heterocycles. The highest BCUT2D eigenvalue weighted by atomic mass is 32.2. The van der Waals surface area contributed by atoms with Crippen LogP contribution in [0.2, 0.25) is 0 Å². The number of aliphatic hydroxyl groups is 1. The van der Waals surface area contributed by atoms with Gasteiger partial charge in [-0.05, 0) is 23.1 Å². The molecule has 1 atom stereocenters. The first-order valence-corrected chi connectivity index (χ1v) is 7.81. The zero-order chi connectivity index (χ0) is 14.6. The van der Waals surface area contributed by atoms with Crippen molar-refractivity contribution in [2.45, 2.75) is 43.7 Å². The number of aliphatic hydroxyl groups excluding tert-OH is 1. The van der Waals surface area contributed by atoms with Gasteiger partial charge in [-0.1, -0.05) is 32.9 Å². The molecule has 0 aliphatic rings. The normalized spacial score (nSPS) is 13.4. The van der Waals surface area contributed by atoms with Gasteiger partial charge < -0.3 is 9.67 Å². The van der Waals surface area contributed by atoms with E-state index in [-0.39, 0.29) is 11.5 Å². The average molecular weight is 290 g/mol. The second kappa shape index (κ2) is 6.46. The summed E-state index contributed by atoms with van der Waals surface area (Å²) in [6, 6.07) is 8.61. The van der Waals surface area contributed by atoms with Crippen molar-refractivity contribution < 1.29 is 5.11 Å². The Morgan fingerprint density at radius 1 is 1.25 bits per heavy atom. The highest BCUT2D eigenvalue weighted by Gasteiger charge is 2.13. The molecule has 0 bridgehead atoms. The van der Waals surface area contributed by atoms with Crippen LogP contribution in [0.4, 0.5) is 0 Å². The van der Waals surface area contributed by atoms with Crippen LogP contribution in [0.25, 0.3) is 0 Å². The molecule has 20 heavy (non-hydrogen) atoms. The number of nitrogens with zero attached hydrogens (tertiary/aromatic N) is 2. The minimum atomic E-state index is -0.364. The SMILES string of the molecule is CC(C)(C)c1ccc(SCC(O)Cn2ccnc2)cc1. The lowest BCUT2D eigenvalue weighted by Gasteiger charge is -2.19. The van der Waals surface area contributed by atoms with E-state index in [2.05, 4.69) is 50.0 Å². The molecule has 0 spiro atoms. The smallest absolute Gasteiger partial charge is 0.0946 e. The number of thioether (sulfide) groups is 1. The Hall–Kier alpha value is -1.26. The molecule has 108 valence electrons. The summed E-state index contributed by atoms with van der Waals surface area (Å²) < 4.78 is 1.90. The molecule has 2 rings (SSSR count). The van der Waals surface area contributed by atoms with Crippen molar-refractivity contribution in [1.29, 1.82) is 0 Å². The number of benzene rings is 1. The molecule has 0 radical (unpaired) electrons. The van der Waals surface area contributed by atoms with Crippen LogP contribution in [0.3, 0.4) is 0 Å². The van der Waals surface area contributed by atoms with Gasteiger partial charge in [0.1, 0.15) is 0 Å². The third-order valence-electron chi connectivity index (χ3n) is 3.14. The predicted molar refractivity (Wildman–Crippen MR) is 84.1 cm³/mol. The fourth-order valence-electron chi connectivity index (χ4n) is 1.93. The van der Waals surface area contributed by atoms with Crippen LogP contribution in [0.1, 0.15) is 26.3 Å². The van der Waals surface area contributed by atoms with Gasteiger partial charge >= 0.3 is 0 Å². The van der Waals surface area contributed by atoms with E-state index in [0.29, 0.717) is 12.3 Å². The van der Waals surface area contributed by atoms with E-state index >= 15 is 0 Å². The molecule has 1 unspecified atom stereocenters. The molecule has 3 nitrogen and oxygen atoms in total. The largest absolute Gasteiger partial charge is 0.390 e. The second-order valence-electron chi connectivity index (χ2n) is 6.00. The van der Waals surface area contributed by atoms with E-state index in [1.54, 1.807) is 24.3 Å². The van der Waals surface area contributed by atoms with Gasteiger partial charge in [0.2, 0.25) is 0 Å². The number of imidazole rings is 1. The van der Waals surface area contributed by atoms with Gasteiger partial charge in [0.25, 0.3) is 0 Å². The molecule has 0 fully saturated rings. The zero-order valence-corrected chi connectivity index (χ0v) is 13.1. The average Bonchev–Trinajstić information content (AvgIpc) is 2.88. The molecule has 2 aromatic rings. The summed E-state index contributed by atoms with van der Waals surface area (Å²) in [5, 5.41) is 10.00. The lowest BCUT2D eigenvalue weighted by molar-refractivity contribution is 0.178. The fourth-order valence-corrected chi connectivity index (χ4v) is 2.75. The van der Waals surface area contributed by atoms with Crippen LogP contribution in [0.15, 0.2) is 47.9 Å². The van der Waals surface area contributed by atoms with Crippen molar-refractivity contribution in [3.63, 3.8) is 0 Å². The molecule has 0 saturated carbocycles. The van der Waals surface area contributed by atoms with Crippen molar-refractivity contribution in [1.82, 2.24) is 9.55 Å². The van der Waals surface area contributed by atoms with E-state index in [1.165, 1.54) is 10.5 Å². The van der Waals surface area contributed by atoms with E-state index in [1.807, 2.05) is 10.8 Å². The summed E-state index contributed by atoms with van der Waals surface area (Å²) in [7, 11) is 0. The summed E-state index contributed by atoms with van der Waals surface area (Å²) in [4.78, 5) is 5.17. The van der Waals surface area contributed by atoms with Crippen molar-refractivity contribution >= 4 is 11.8 Å². The maximum Gasteiger partial charge on any atom is 0.0946 e. The summed E-state index contributed by atoms with van der Waals surface area (Å²) in [6.07, 6.45) is 4.96. The van der Waals surface area contributed by atoms with Gasteiger partial charge in [0.15, 0.2) is 0 Å². The van der Waals surface area contributed by atoms with Crippen molar-refractivity contribution in [3.05, 3.63) is 48.5 Å². The van der Waals surface area contributed by atoms with Crippen molar-refractivity contribution in [2.24, 2.45) is 0 Å². The van der Waals surface area contributed by atoms with Crippen LogP contribution < -0.4 is 0 Å². The highest BCUT2D eigenvalue weighted by molar-refractivity contribution is 7.99. The van der Waals surface area contributed by atoms with Crippen LogP contribution in [0.5, 0.6) is 0 Å².